The summed E-state index contributed by atoms with van der Waals surface area (Å²) in [7, 11) is 0. The number of hydrogen-bond donors (Lipinski definition) is 3. The van der Waals surface area contributed by atoms with Crippen molar-refractivity contribution in [3.63, 3.8) is 0 Å². The topological polar surface area (TPSA) is 109 Å². The Labute approximate surface area is 284 Å². The fourth-order valence-electron chi connectivity index (χ4n) is 5.32. The second-order valence-electron chi connectivity index (χ2n) is 11.3. The van der Waals surface area contributed by atoms with Crippen LogP contribution in [-0.2, 0) is 27.0 Å². The Bertz CT molecular complexity index is 1810. The number of fused-ring (bicyclic) bond motifs is 1. The van der Waals surface area contributed by atoms with Gasteiger partial charge >= 0.3 is 6.18 Å². The molecule has 1 heterocycles. The first-order valence-corrected chi connectivity index (χ1v) is 17.0. The van der Waals surface area contributed by atoms with Crippen molar-refractivity contribution in [3.05, 3.63) is 77.4 Å². The zero-order chi connectivity index (χ0) is 34.4. The van der Waals surface area contributed by atoms with Gasteiger partial charge in [0.1, 0.15) is 11.6 Å². The molecule has 3 amide bonds. The van der Waals surface area contributed by atoms with E-state index in [1.807, 2.05) is 0 Å². The van der Waals surface area contributed by atoms with E-state index in [0.29, 0.717) is 36.8 Å². The standard InChI is InChI=1S/C33H30BrF5N4O4S/c34-12-2-5-29(44)40-21-8-6-19(7-9-21)31(46)43-32-42-26-16-24(36)27(17-28(26)48-32)47-22-10-11-23(35)25(15-22)41-30(45)14-18-3-1-4-20(13-18)33(37,38)39/h1,3-4,10-11,13,15-17,19,21H,2,5-9,12,14H2,(H,40,44)(H,41,45)(H,42,43,46). The molecule has 0 saturated heterocycles. The summed E-state index contributed by atoms with van der Waals surface area (Å²) in [5, 5.41) is 9.19. The monoisotopic (exact) mass is 752 g/mol. The van der Waals surface area contributed by atoms with E-state index in [0.717, 1.165) is 53.4 Å². The van der Waals surface area contributed by atoms with Crippen molar-refractivity contribution in [1.82, 2.24) is 10.3 Å². The van der Waals surface area contributed by atoms with Gasteiger partial charge in [-0.3, -0.25) is 14.4 Å². The van der Waals surface area contributed by atoms with Crippen LogP contribution in [0.5, 0.6) is 11.5 Å². The average molecular weight is 754 g/mol. The number of halogens is 6. The molecule has 48 heavy (non-hydrogen) atoms. The van der Waals surface area contributed by atoms with E-state index >= 15 is 4.39 Å². The summed E-state index contributed by atoms with van der Waals surface area (Å²) in [5.41, 5.74) is -0.845. The van der Waals surface area contributed by atoms with Crippen molar-refractivity contribution in [2.45, 2.75) is 57.2 Å². The van der Waals surface area contributed by atoms with Gasteiger partial charge in [0.05, 0.1) is 27.9 Å². The number of nitrogens with zero attached hydrogens (tertiary/aromatic N) is 1. The van der Waals surface area contributed by atoms with Crippen LogP contribution in [0.15, 0.2) is 54.6 Å². The van der Waals surface area contributed by atoms with Crippen LogP contribution < -0.4 is 20.7 Å². The molecular formula is C33H30BrF5N4O4S. The van der Waals surface area contributed by atoms with Crippen LogP contribution >= 0.6 is 27.3 Å². The summed E-state index contributed by atoms with van der Waals surface area (Å²) >= 11 is 4.43. The fourth-order valence-corrected chi connectivity index (χ4v) is 6.48. The van der Waals surface area contributed by atoms with Gasteiger partial charge in [-0.05, 0) is 55.9 Å². The van der Waals surface area contributed by atoms with Gasteiger partial charge in [0.25, 0.3) is 0 Å². The normalized spacial score (nSPS) is 16.4. The average Bonchev–Trinajstić information content (AvgIpc) is 3.42. The van der Waals surface area contributed by atoms with Crippen LogP contribution in [0.2, 0.25) is 0 Å². The molecule has 1 fully saturated rings. The number of thiazole rings is 1. The zero-order valence-electron chi connectivity index (χ0n) is 25.3. The van der Waals surface area contributed by atoms with Crippen LogP contribution in [0.3, 0.4) is 0 Å². The third-order valence-electron chi connectivity index (χ3n) is 7.73. The summed E-state index contributed by atoms with van der Waals surface area (Å²) in [6.45, 7) is 0. The summed E-state index contributed by atoms with van der Waals surface area (Å²) in [6, 6.07) is 10.2. The maximum Gasteiger partial charge on any atom is 0.416 e. The second-order valence-corrected chi connectivity index (χ2v) is 13.2. The molecule has 4 aromatic rings. The first-order valence-electron chi connectivity index (χ1n) is 15.1. The molecule has 8 nitrogen and oxygen atoms in total. The highest BCUT2D eigenvalue weighted by Gasteiger charge is 2.31. The number of ether oxygens (including phenoxy) is 1. The van der Waals surface area contributed by atoms with Gasteiger partial charge in [-0.25, -0.2) is 13.8 Å². The lowest BCUT2D eigenvalue weighted by Gasteiger charge is -2.28. The molecule has 5 rings (SSSR count). The minimum Gasteiger partial charge on any atom is -0.454 e. The Balaban J connectivity index is 1.19. The van der Waals surface area contributed by atoms with Crippen LogP contribution in [0.4, 0.5) is 32.8 Å². The number of aromatic nitrogens is 1. The number of rotatable bonds is 11. The zero-order valence-corrected chi connectivity index (χ0v) is 27.7. The first kappa shape index (κ1) is 35.2. The summed E-state index contributed by atoms with van der Waals surface area (Å²) in [6.07, 6.45) is -1.21. The van der Waals surface area contributed by atoms with Gasteiger partial charge in [0, 0.05) is 41.9 Å². The van der Waals surface area contributed by atoms with Gasteiger partial charge in [0.15, 0.2) is 16.7 Å². The Kier molecular flexibility index (Phi) is 11.3. The number of amides is 3. The molecule has 15 heteroatoms. The Morgan fingerprint density at radius 3 is 2.44 bits per heavy atom. The Morgan fingerprint density at radius 1 is 0.938 bits per heavy atom. The summed E-state index contributed by atoms with van der Waals surface area (Å²) < 4.78 is 74.7. The van der Waals surface area contributed by atoms with Crippen molar-refractivity contribution in [2.75, 3.05) is 16.0 Å². The Hall–Kier alpha value is -4.11. The maximum absolute atomic E-state index is 15.0. The molecule has 0 bridgehead atoms. The fraction of sp³-hybridized carbons (Fsp3) is 0.333. The molecule has 1 saturated carbocycles. The summed E-state index contributed by atoms with van der Waals surface area (Å²) in [4.78, 5) is 41.8. The molecule has 0 unspecified atom stereocenters. The predicted molar refractivity (Wildman–Crippen MR) is 175 cm³/mol. The smallest absolute Gasteiger partial charge is 0.416 e. The highest BCUT2D eigenvalue weighted by Crippen LogP contribution is 2.36. The molecule has 1 aliphatic carbocycles. The van der Waals surface area contributed by atoms with Crippen molar-refractivity contribution in [2.24, 2.45) is 5.92 Å². The molecule has 0 atom stereocenters. The van der Waals surface area contributed by atoms with Gasteiger partial charge in [0.2, 0.25) is 17.7 Å². The number of carbonyl (C=O) groups is 3. The van der Waals surface area contributed by atoms with E-state index in [4.69, 9.17) is 4.74 Å². The van der Waals surface area contributed by atoms with E-state index in [-0.39, 0.29) is 57.2 Å². The van der Waals surface area contributed by atoms with Crippen molar-refractivity contribution >= 4 is 66.0 Å². The molecule has 3 N–H and O–H groups in total. The van der Waals surface area contributed by atoms with Crippen LogP contribution in [0, 0.1) is 17.6 Å². The maximum atomic E-state index is 15.0. The lowest BCUT2D eigenvalue weighted by molar-refractivity contribution is -0.137. The third kappa shape index (κ3) is 9.28. The molecule has 3 aromatic carbocycles. The van der Waals surface area contributed by atoms with Gasteiger partial charge < -0.3 is 20.7 Å². The minimum atomic E-state index is -4.58. The van der Waals surface area contributed by atoms with Crippen LogP contribution in [-0.4, -0.2) is 34.1 Å². The molecule has 0 spiro atoms. The quantitative estimate of drug-likeness (QED) is 0.105. The Morgan fingerprint density at radius 2 is 1.71 bits per heavy atom. The van der Waals surface area contributed by atoms with Crippen LogP contribution in [0.25, 0.3) is 10.2 Å². The lowest BCUT2D eigenvalue weighted by atomic mass is 9.85. The predicted octanol–water partition coefficient (Wildman–Crippen LogP) is 8.36. The third-order valence-corrected chi connectivity index (χ3v) is 9.23. The highest BCUT2D eigenvalue weighted by molar-refractivity contribution is 9.09. The molecule has 1 aliphatic rings. The first-order chi connectivity index (χ1) is 22.9. The lowest BCUT2D eigenvalue weighted by Crippen LogP contribution is -2.39. The molecule has 0 aliphatic heterocycles. The van der Waals surface area contributed by atoms with E-state index in [1.165, 1.54) is 24.3 Å². The van der Waals surface area contributed by atoms with E-state index < -0.39 is 35.7 Å². The van der Waals surface area contributed by atoms with Gasteiger partial charge in [-0.2, -0.15) is 13.2 Å². The highest BCUT2D eigenvalue weighted by atomic mass is 79.9. The molecule has 0 radical (unpaired) electrons. The van der Waals surface area contributed by atoms with E-state index in [9.17, 15) is 31.9 Å². The number of carbonyl (C=O) groups excluding carboxylic acids is 3. The number of benzene rings is 3. The molecule has 254 valence electrons. The number of hydrogen-bond acceptors (Lipinski definition) is 6. The molecule has 1 aromatic heterocycles. The van der Waals surface area contributed by atoms with Gasteiger partial charge in [-0.15, -0.1) is 0 Å². The van der Waals surface area contributed by atoms with E-state index in [2.05, 4.69) is 36.9 Å². The number of nitrogens with one attached hydrogen (secondary N) is 3. The van der Waals surface area contributed by atoms with Gasteiger partial charge in [-0.1, -0.05) is 45.5 Å². The number of anilines is 2. The van der Waals surface area contributed by atoms with Crippen molar-refractivity contribution < 1.29 is 41.1 Å². The van der Waals surface area contributed by atoms with Crippen molar-refractivity contribution in [1.29, 1.82) is 0 Å². The SMILES string of the molecule is O=C(Cc1cccc(C(F)(F)F)c1)Nc1cc(Oc2cc3sc(NC(=O)C4CCC(NC(=O)CCCBr)CC4)nc3cc2F)ccc1F. The van der Waals surface area contributed by atoms with Crippen molar-refractivity contribution in [3.8, 4) is 11.5 Å². The molecular weight excluding hydrogens is 723 g/mol. The van der Waals surface area contributed by atoms with E-state index in [1.54, 1.807) is 0 Å². The minimum absolute atomic E-state index is 0.00603. The number of alkyl halides is 4. The largest absolute Gasteiger partial charge is 0.454 e. The summed E-state index contributed by atoms with van der Waals surface area (Å²) in [5.74, 6) is -3.05. The second kappa shape index (κ2) is 15.4. The van der Waals surface area contributed by atoms with Crippen LogP contribution in [0.1, 0.15) is 49.7 Å².